The van der Waals surface area contributed by atoms with Gasteiger partial charge in [-0.1, -0.05) is 91.5 Å². The average molecular weight is 405 g/mol. The molecule has 0 fully saturated rings. The van der Waals surface area contributed by atoms with E-state index in [9.17, 15) is 0 Å². The van der Waals surface area contributed by atoms with E-state index in [1.807, 2.05) is 12.3 Å². The summed E-state index contributed by atoms with van der Waals surface area (Å²) in [7, 11) is 0. The molecule has 0 bridgehead atoms. The van der Waals surface area contributed by atoms with E-state index in [1.165, 1.54) is 28.0 Å². The number of rotatable bonds is 9. The highest BCUT2D eigenvalue weighted by atomic mass is 15.1. The Bertz CT molecular complexity index is 906. The predicted molar refractivity (Wildman–Crippen MR) is 132 cm³/mol. The molecule has 0 aliphatic carbocycles. The molecule has 1 aromatic carbocycles. The van der Waals surface area contributed by atoms with Crippen molar-refractivity contribution < 1.29 is 0 Å². The molecule has 0 spiro atoms. The molecule has 2 nitrogen and oxygen atoms in total. The molecule has 162 valence electrons. The minimum Gasteiger partial charge on any atom is -0.299 e. The second-order valence-corrected chi connectivity index (χ2v) is 9.26. The van der Waals surface area contributed by atoms with Gasteiger partial charge in [-0.25, -0.2) is 4.98 Å². The van der Waals surface area contributed by atoms with Crippen molar-refractivity contribution in [2.45, 2.75) is 61.8 Å². The first-order valence-corrected chi connectivity index (χ1v) is 11.4. The van der Waals surface area contributed by atoms with E-state index in [0.717, 1.165) is 12.2 Å². The quantitative estimate of drug-likeness (QED) is 0.387. The molecule has 0 aliphatic rings. The molecule has 0 amide bonds. The van der Waals surface area contributed by atoms with E-state index in [4.69, 9.17) is 4.98 Å². The van der Waals surface area contributed by atoms with Crippen LogP contribution in [-0.2, 0) is 6.42 Å². The van der Waals surface area contributed by atoms with Crippen LogP contribution >= 0.6 is 0 Å². The number of nitrogens with zero attached hydrogens (tertiary/aromatic N) is 2. The highest BCUT2D eigenvalue weighted by molar-refractivity contribution is 5.76. The lowest BCUT2D eigenvalue weighted by molar-refractivity contribution is 0.417. The number of hydrogen-bond acceptors (Lipinski definition) is 1. The highest BCUT2D eigenvalue weighted by Crippen LogP contribution is 2.35. The Balaban J connectivity index is 2.74. The van der Waals surface area contributed by atoms with Gasteiger partial charge in [0.05, 0.1) is 5.70 Å². The number of hydrogen-bond donors (Lipinski definition) is 0. The van der Waals surface area contributed by atoms with E-state index >= 15 is 0 Å². The third kappa shape index (κ3) is 5.22. The molecule has 0 radical (unpaired) electrons. The Morgan fingerprint density at radius 1 is 1.03 bits per heavy atom. The summed E-state index contributed by atoms with van der Waals surface area (Å²) in [5, 5.41) is 0. The van der Waals surface area contributed by atoms with Gasteiger partial charge in [0, 0.05) is 18.0 Å². The van der Waals surface area contributed by atoms with Crippen LogP contribution in [0.25, 0.3) is 17.1 Å². The lowest BCUT2D eigenvalue weighted by atomic mass is 9.88. The maximum absolute atomic E-state index is 4.84. The van der Waals surface area contributed by atoms with Gasteiger partial charge in [-0.3, -0.25) is 4.57 Å². The third-order valence-corrected chi connectivity index (χ3v) is 6.14. The smallest absolute Gasteiger partial charge is 0.144 e. The summed E-state index contributed by atoms with van der Waals surface area (Å²) in [6.07, 6.45) is 9.33. The Labute approximate surface area is 184 Å². The van der Waals surface area contributed by atoms with Gasteiger partial charge in [0.25, 0.3) is 0 Å². The van der Waals surface area contributed by atoms with Gasteiger partial charge in [-0.2, -0.15) is 0 Å². The Kier molecular flexibility index (Phi) is 8.46. The second-order valence-electron chi connectivity index (χ2n) is 9.26. The van der Waals surface area contributed by atoms with Crippen molar-refractivity contribution in [3.05, 3.63) is 72.1 Å². The van der Waals surface area contributed by atoms with E-state index in [0.29, 0.717) is 23.7 Å². The van der Waals surface area contributed by atoms with Crippen molar-refractivity contribution in [1.29, 1.82) is 0 Å². The van der Waals surface area contributed by atoms with Crippen LogP contribution in [0.4, 0.5) is 0 Å². The van der Waals surface area contributed by atoms with Gasteiger partial charge in [-0.05, 0) is 53.7 Å². The Morgan fingerprint density at radius 2 is 1.70 bits per heavy atom. The van der Waals surface area contributed by atoms with E-state index in [1.54, 1.807) is 0 Å². The normalized spacial score (nSPS) is 14.4. The van der Waals surface area contributed by atoms with Crippen LogP contribution in [0.5, 0.6) is 0 Å². The monoisotopic (exact) mass is 404 g/mol. The van der Waals surface area contributed by atoms with Crippen molar-refractivity contribution in [3.63, 3.8) is 0 Å². The second kappa shape index (κ2) is 10.6. The molecular formula is C28H40N2. The molecule has 1 aromatic heterocycles. The number of aromatic nitrogens is 2. The molecule has 2 heteroatoms. The first-order valence-electron chi connectivity index (χ1n) is 11.4. The minimum absolute atomic E-state index is 0.373. The van der Waals surface area contributed by atoms with Crippen LogP contribution in [0.1, 0.15) is 61.0 Å². The molecule has 2 aromatic rings. The summed E-state index contributed by atoms with van der Waals surface area (Å²) in [5.74, 6) is 3.06. The first kappa shape index (κ1) is 23.9. The SMILES string of the molecule is C=C/C(=C(\C(=C/C)C(C)C)n1ccnc1-c1ccccc1C[C@@H](C)C(C)C)C(C)C. The topological polar surface area (TPSA) is 17.8 Å². The molecule has 0 aliphatic heterocycles. The molecule has 2 rings (SSSR count). The zero-order chi connectivity index (χ0) is 22.4. The van der Waals surface area contributed by atoms with E-state index in [-0.39, 0.29) is 0 Å². The van der Waals surface area contributed by atoms with Crippen LogP contribution in [0.3, 0.4) is 0 Å². The predicted octanol–water partition coefficient (Wildman–Crippen LogP) is 8.04. The average Bonchev–Trinajstić information content (AvgIpc) is 3.16. The molecule has 30 heavy (non-hydrogen) atoms. The molecule has 0 N–H and O–H groups in total. The highest BCUT2D eigenvalue weighted by Gasteiger charge is 2.21. The molecule has 1 heterocycles. The largest absolute Gasteiger partial charge is 0.299 e. The molecule has 0 saturated carbocycles. The lowest BCUT2D eigenvalue weighted by Crippen LogP contribution is -2.12. The zero-order valence-electron chi connectivity index (χ0n) is 20.2. The van der Waals surface area contributed by atoms with E-state index in [2.05, 4.69) is 103 Å². The van der Waals surface area contributed by atoms with Crippen LogP contribution in [0.2, 0.25) is 0 Å². The lowest BCUT2D eigenvalue weighted by Gasteiger charge is -2.24. The molecular weight excluding hydrogens is 364 g/mol. The summed E-state index contributed by atoms with van der Waals surface area (Å²) in [4.78, 5) is 4.84. The van der Waals surface area contributed by atoms with E-state index < -0.39 is 0 Å². The first-order chi connectivity index (χ1) is 14.2. The fourth-order valence-corrected chi connectivity index (χ4v) is 3.98. The van der Waals surface area contributed by atoms with Crippen molar-refractivity contribution in [2.24, 2.45) is 23.7 Å². The van der Waals surface area contributed by atoms with Gasteiger partial charge in [0.2, 0.25) is 0 Å². The van der Waals surface area contributed by atoms with Crippen molar-refractivity contribution in [3.8, 4) is 11.4 Å². The fourth-order valence-electron chi connectivity index (χ4n) is 3.98. The number of allylic oxidation sites excluding steroid dienone is 5. The van der Waals surface area contributed by atoms with Crippen LogP contribution in [0.15, 0.2) is 66.5 Å². The van der Waals surface area contributed by atoms with Gasteiger partial charge in [0.1, 0.15) is 5.82 Å². The fraction of sp³-hybridized carbons (Fsp3) is 0.464. The summed E-state index contributed by atoms with van der Waals surface area (Å²) in [6.45, 7) is 22.2. The summed E-state index contributed by atoms with van der Waals surface area (Å²) in [5.41, 5.74) is 6.38. The maximum Gasteiger partial charge on any atom is 0.144 e. The van der Waals surface area contributed by atoms with Gasteiger partial charge >= 0.3 is 0 Å². The zero-order valence-corrected chi connectivity index (χ0v) is 20.2. The number of benzene rings is 1. The van der Waals surface area contributed by atoms with Crippen molar-refractivity contribution in [2.75, 3.05) is 0 Å². The standard InChI is InChI=1S/C28H40N2/c1-10-24(20(5)6)27(25(11-2)21(7)8)30-17-16-29-28(30)26-15-13-12-14-23(26)18-22(9)19(3)4/h10-17,19-22H,1,18H2,2-9H3/b25-11-,27-24-/t22-/m1/s1. The number of imidazole rings is 1. The maximum atomic E-state index is 4.84. The Hall–Kier alpha value is -2.35. The Morgan fingerprint density at radius 3 is 2.23 bits per heavy atom. The van der Waals surface area contributed by atoms with Crippen LogP contribution < -0.4 is 0 Å². The van der Waals surface area contributed by atoms with Crippen molar-refractivity contribution in [1.82, 2.24) is 9.55 Å². The van der Waals surface area contributed by atoms with Gasteiger partial charge < -0.3 is 0 Å². The molecule has 1 atom stereocenters. The minimum atomic E-state index is 0.373. The van der Waals surface area contributed by atoms with Crippen LogP contribution in [-0.4, -0.2) is 9.55 Å². The van der Waals surface area contributed by atoms with Crippen molar-refractivity contribution >= 4 is 5.70 Å². The summed E-state index contributed by atoms with van der Waals surface area (Å²) < 4.78 is 2.28. The molecule has 0 unspecified atom stereocenters. The summed E-state index contributed by atoms with van der Waals surface area (Å²) in [6, 6.07) is 8.74. The van der Waals surface area contributed by atoms with Crippen LogP contribution in [0, 0.1) is 23.7 Å². The summed E-state index contributed by atoms with van der Waals surface area (Å²) >= 11 is 0. The van der Waals surface area contributed by atoms with Gasteiger partial charge in [0.15, 0.2) is 0 Å². The molecule has 0 saturated heterocycles. The third-order valence-electron chi connectivity index (χ3n) is 6.14. The van der Waals surface area contributed by atoms with Gasteiger partial charge in [-0.15, -0.1) is 0 Å².